The van der Waals surface area contributed by atoms with Gasteiger partial charge in [0.2, 0.25) is 11.7 Å². The molecule has 29 heavy (non-hydrogen) atoms. The van der Waals surface area contributed by atoms with E-state index in [1.54, 1.807) is 48.8 Å². The molecule has 0 aliphatic rings. The molecule has 0 saturated heterocycles. The molecule has 0 radical (unpaired) electrons. The summed E-state index contributed by atoms with van der Waals surface area (Å²) in [6.45, 7) is 0.185. The molecular formula is C20H18FN5O2S. The quantitative estimate of drug-likeness (QED) is 0.472. The van der Waals surface area contributed by atoms with Crippen molar-refractivity contribution in [2.24, 2.45) is 7.05 Å². The highest BCUT2D eigenvalue weighted by atomic mass is 32.2. The lowest BCUT2D eigenvalue weighted by atomic mass is 10.2. The van der Waals surface area contributed by atoms with Gasteiger partial charge in [-0.15, -0.1) is 10.2 Å². The zero-order valence-electron chi connectivity index (χ0n) is 15.9. The molecule has 148 valence electrons. The van der Waals surface area contributed by atoms with Crippen molar-refractivity contribution in [3.8, 4) is 0 Å². The van der Waals surface area contributed by atoms with E-state index in [-0.39, 0.29) is 29.6 Å². The summed E-state index contributed by atoms with van der Waals surface area (Å²) in [6.07, 6.45) is 0. The zero-order chi connectivity index (χ0) is 20.5. The number of rotatable bonds is 5. The van der Waals surface area contributed by atoms with Crippen LogP contribution >= 0.6 is 11.8 Å². The predicted octanol–water partition coefficient (Wildman–Crippen LogP) is 2.47. The van der Waals surface area contributed by atoms with Crippen LogP contribution in [0.3, 0.4) is 0 Å². The number of para-hydroxylation sites is 1. The second-order valence-electron chi connectivity index (χ2n) is 6.63. The smallest absolute Gasteiger partial charge is 0.262 e. The molecule has 0 bridgehead atoms. The summed E-state index contributed by atoms with van der Waals surface area (Å²) in [7, 11) is 3.27. The maximum atomic E-state index is 13.8. The largest absolute Gasteiger partial charge is 0.341 e. The lowest BCUT2D eigenvalue weighted by Gasteiger charge is -2.17. The molecule has 0 aliphatic carbocycles. The van der Waals surface area contributed by atoms with Crippen LogP contribution in [0.25, 0.3) is 16.7 Å². The van der Waals surface area contributed by atoms with E-state index < -0.39 is 0 Å². The van der Waals surface area contributed by atoms with Crippen molar-refractivity contribution in [3.63, 3.8) is 0 Å². The summed E-state index contributed by atoms with van der Waals surface area (Å²) < 4.78 is 17.0. The molecule has 2 aromatic heterocycles. The summed E-state index contributed by atoms with van der Waals surface area (Å²) >= 11 is 1.23. The number of thioether (sulfide) groups is 1. The average molecular weight is 411 g/mol. The Kier molecular flexibility index (Phi) is 5.06. The Balaban J connectivity index is 1.58. The molecule has 4 rings (SSSR count). The normalized spacial score (nSPS) is 11.3. The molecule has 2 heterocycles. The second-order valence-corrected chi connectivity index (χ2v) is 7.57. The molecular weight excluding hydrogens is 393 g/mol. The number of nitrogens with zero attached hydrogens (tertiary/aromatic N) is 5. The summed E-state index contributed by atoms with van der Waals surface area (Å²) in [5.41, 5.74) is 0.991. The molecule has 2 aromatic carbocycles. The van der Waals surface area contributed by atoms with Gasteiger partial charge in [0.05, 0.1) is 16.7 Å². The Morgan fingerprint density at radius 2 is 1.86 bits per heavy atom. The molecule has 0 aliphatic heterocycles. The fraction of sp³-hybridized carbons (Fsp3) is 0.200. The minimum atomic E-state index is -0.337. The highest BCUT2D eigenvalue weighted by Gasteiger charge is 2.17. The van der Waals surface area contributed by atoms with Crippen LogP contribution in [0.5, 0.6) is 0 Å². The third kappa shape index (κ3) is 3.49. The van der Waals surface area contributed by atoms with Crippen molar-refractivity contribution in [2.75, 3.05) is 12.8 Å². The van der Waals surface area contributed by atoms with E-state index >= 15 is 0 Å². The van der Waals surface area contributed by atoms with E-state index in [0.717, 1.165) is 0 Å². The first-order valence-electron chi connectivity index (χ1n) is 8.90. The first-order chi connectivity index (χ1) is 14.0. The Bertz CT molecular complexity index is 1280. The van der Waals surface area contributed by atoms with Crippen molar-refractivity contribution in [1.29, 1.82) is 0 Å². The van der Waals surface area contributed by atoms with Crippen molar-refractivity contribution in [3.05, 3.63) is 70.3 Å². The van der Waals surface area contributed by atoms with Gasteiger partial charge < -0.3 is 4.90 Å². The van der Waals surface area contributed by atoms with Crippen molar-refractivity contribution in [1.82, 2.24) is 24.1 Å². The number of aromatic nitrogens is 4. The second kappa shape index (κ2) is 7.67. The third-order valence-corrected chi connectivity index (χ3v) is 5.63. The fourth-order valence-corrected chi connectivity index (χ4v) is 3.99. The van der Waals surface area contributed by atoms with Crippen LogP contribution in [-0.4, -0.2) is 42.8 Å². The summed E-state index contributed by atoms with van der Waals surface area (Å²) in [4.78, 5) is 26.5. The molecule has 0 N–H and O–H groups in total. The summed E-state index contributed by atoms with van der Waals surface area (Å²) in [5.74, 6) is 0.0197. The van der Waals surface area contributed by atoms with Gasteiger partial charge in [-0.05, 0) is 18.2 Å². The average Bonchev–Trinajstić information content (AvgIpc) is 3.16. The number of amides is 1. The molecule has 0 fully saturated rings. The van der Waals surface area contributed by atoms with E-state index in [0.29, 0.717) is 27.4 Å². The van der Waals surface area contributed by atoms with E-state index in [1.807, 2.05) is 12.1 Å². The summed E-state index contributed by atoms with van der Waals surface area (Å²) in [6, 6.07) is 13.6. The predicted molar refractivity (Wildman–Crippen MR) is 109 cm³/mol. The van der Waals surface area contributed by atoms with Crippen LogP contribution < -0.4 is 5.56 Å². The van der Waals surface area contributed by atoms with Gasteiger partial charge in [0.1, 0.15) is 5.82 Å². The molecule has 0 unspecified atom stereocenters. The van der Waals surface area contributed by atoms with Gasteiger partial charge in [0.15, 0.2) is 5.16 Å². The number of benzene rings is 2. The van der Waals surface area contributed by atoms with Crippen LogP contribution in [0.4, 0.5) is 4.39 Å². The van der Waals surface area contributed by atoms with Crippen molar-refractivity contribution >= 4 is 34.3 Å². The SMILES string of the molecule is CN(Cc1ccccc1F)C(=O)CSc1nnc2n(C)c(=O)c3ccccc3n12. The fourth-order valence-electron chi connectivity index (χ4n) is 3.11. The number of halogens is 1. The molecule has 9 heteroatoms. The third-order valence-electron chi connectivity index (χ3n) is 4.71. The van der Waals surface area contributed by atoms with Crippen LogP contribution in [-0.2, 0) is 18.4 Å². The molecule has 4 aromatic rings. The zero-order valence-corrected chi connectivity index (χ0v) is 16.7. The standard InChI is InChI=1S/C20H18FN5O2S/c1-24(11-13-7-3-5-9-15(13)21)17(27)12-29-20-23-22-19-25(2)18(28)14-8-4-6-10-16(14)26(19)20/h3-10H,11-12H2,1-2H3. The van der Waals surface area contributed by atoms with Crippen LogP contribution in [0.2, 0.25) is 0 Å². The van der Waals surface area contributed by atoms with Gasteiger partial charge in [0, 0.05) is 26.2 Å². The Labute approximate surface area is 169 Å². The topological polar surface area (TPSA) is 72.5 Å². The van der Waals surface area contributed by atoms with Gasteiger partial charge in [-0.3, -0.25) is 18.6 Å². The lowest BCUT2D eigenvalue weighted by Crippen LogP contribution is -2.28. The Hall–Kier alpha value is -3.20. The highest BCUT2D eigenvalue weighted by molar-refractivity contribution is 7.99. The van der Waals surface area contributed by atoms with Crippen LogP contribution in [0.15, 0.2) is 58.5 Å². The number of fused-ring (bicyclic) bond motifs is 3. The molecule has 1 amide bonds. The van der Waals surface area contributed by atoms with Crippen molar-refractivity contribution in [2.45, 2.75) is 11.7 Å². The maximum Gasteiger partial charge on any atom is 0.262 e. The minimum Gasteiger partial charge on any atom is -0.341 e. The number of hydrogen-bond donors (Lipinski definition) is 0. The first kappa shape index (κ1) is 19.1. The van der Waals surface area contributed by atoms with Crippen LogP contribution in [0.1, 0.15) is 5.56 Å². The van der Waals surface area contributed by atoms with E-state index in [4.69, 9.17) is 0 Å². The maximum absolute atomic E-state index is 13.8. The van der Waals surface area contributed by atoms with Gasteiger partial charge >= 0.3 is 0 Å². The van der Waals surface area contributed by atoms with Crippen LogP contribution in [0, 0.1) is 5.82 Å². The highest BCUT2D eigenvalue weighted by Crippen LogP contribution is 2.21. The Morgan fingerprint density at radius 1 is 1.14 bits per heavy atom. The van der Waals surface area contributed by atoms with Gasteiger partial charge in [-0.1, -0.05) is 42.1 Å². The first-order valence-corrected chi connectivity index (χ1v) is 9.89. The van der Waals surface area contributed by atoms with E-state index in [2.05, 4.69) is 10.2 Å². The van der Waals surface area contributed by atoms with Gasteiger partial charge in [-0.25, -0.2) is 4.39 Å². The molecule has 0 saturated carbocycles. The van der Waals surface area contributed by atoms with E-state index in [9.17, 15) is 14.0 Å². The summed E-state index contributed by atoms with van der Waals surface area (Å²) in [5, 5.41) is 9.34. The van der Waals surface area contributed by atoms with Crippen molar-refractivity contribution < 1.29 is 9.18 Å². The molecule has 7 nitrogen and oxygen atoms in total. The number of carbonyl (C=O) groups is 1. The van der Waals surface area contributed by atoms with Gasteiger partial charge in [-0.2, -0.15) is 0 Å². The number of aryl methyl sites for hydroxylation is 1. The Morgan fingerprint density at radius 3 is 2.66 bits per heavy atom. The van der Waals surface area contributed by atoms with E-state index in [1.165, 1.54) is 27.3 Å². The number of carbonyl (C=O) groups excluding carboxylic acids is 1. The molecule has 0 atom stereocenters. The van der Waals surface area contributed by atoms with Gasteiger partial charge in [0.25, 0.3) is 5.56 Å². The minimum absolute atomic E-state index is 0.114. The monoisotopic (exact) mass is 411 g/mol. The lowest BCUT2D eigenvalue weighted by molar-refractivity contribution is -0.127. The molecule has 0 spiro atoms. The number of hydrogen-bond acceptors (Lipinski definition) is 5.